The number of allylic oxidation sites excluding steroid dienone is 4. The Morgan fingerprint density at radius 3 is 2.19 bits per heavy atom. The molecule has 4 rings (SSSR count). The average Bonchev–Trinajstić information content (AvgIpc) is 3.22. The van der Waals surface area contributed by atoms with E-state index in [0.29, 0.717) is 17.8 Å². The maximum Gasteiger partial charge on any atom is 0.336 e. The maximum absolute atomic E-state index is 12.1. The van der Waals surface area contributed by atoms with Crippen molar-refractivity contribution in [3.8, 4) is 0 Å². The van der Waals surface area contributed by atoms with E-state index in [1.54, 1.807) is 12.1 Å². The van der Waals surface area contributed by atoms with E-state index in [1.165, 1.54) is 0 Å². The first kappa shape index (κ1) is 31.6. The van der Waals surface area contributed by atoms with Gasteiger partial charge in [0.1, 0.15) is 6.54 Å². The third kappa shape index (κ3) is 6.36. The van der Waals surface area contributed by atoms with Gasteiger partial charge in [-0.25, -0.2) is 4.79 Å². The highest BCUT2D eigenvalue weighted by molar-refractivity contribution is 7.86. The number of aromatic carboxylic acids is 1. The van der Waals surface area contributed by atoms with Gasteiger partial charge in [0.15, 0.2) is 5.71 Å². The molecule has 226 valence electrons. The normalized spacial score (nSPS) is 18.6. The summed E-state index contributed by atoms with van der Waals surface area (Å²) >= 11 is 0. The fourth-order valence-electron chi connectivity index (χ4n) is 6.16. The predicted octanol–water partition coefficient (Wildman–Crippen LogP) is 4.55. The van der Waals surface area contributed by atoms with Gasteiger partial charge in [-0.1, -0.05) is 44.2 Å². The first-order valence-corrected chi connectivity index (χ1v) is 16.8. The van der Waals surface area contributed by atoms with Crippen LogP contribution in [0.15, 0.2) is 66.4 Å². The number of nitrogens with zero attached hydrogens (tertiary/aromatic N) is 2. The monoisotopic (exact) mass is 617 g/mol. The lowest BCUT2D eigenvalue weighted by atomic mass is 9.79. The molecule has 0 saturated carbocycles. The maximum atomic E-state index is 12.1. The molecule has 0 fully saturated rings. The van der Waals surface area contributed by atoms with Crippen molar-refractivity contribution < 1.29 is 40.4 Å². The lowest BCUT2D eigenvalue weighted by Gasteiger charge is -2.27. The molecule has 0 radical (unpaired) electrons. The highest BCUT2D eigenvalue weighted by Gasteiger charge is 2.47. The molecule has 3 N–H and O–H groups in total. The van der Waals surface area contributed by atoms with Crippen LogP contribution in [0.2, 0.25) is 0 Å². The Kier molecular flexibility index (Phi) is 8.58. The van der Waals surface area contributed by atoms with Gasteiger partial charge in [-0.2, -0.15) is 21.4 Å². The lowest BCUT2D eigenvalue weighted by molar-refractivity contribution is -0.437. The highest BCUT2D eigenvalue weighted by Crippen LogP contribution is 2.48. The summed E-state index contributed by atoms with van der Waals surface area (Å²) in [6.07, 6.45) is 6.07. The Morgan fingerprint density at radius 2 is 1.55 bits per heavy atom. The average molecular weight is 618 g/mol. The van der Waals surface area contributed by atoms with Gasteiger partial charge in [0.2, 0.25) is 5.69 Å². The van der Waals surface area contributed by atoms with Crippen LogP contribution >= 0.6 is 0 Å². The van der Waals surface area contributed by atoms with Gasteiger partial charge in [-0.05, 0) is 44.0 Å². The molecule has 0 unspecified atom stereocenters. The number of fused-ring (bicyclic) bond motifs is 2. The Bertz CT molecular complexity index is 1720. The smallest absolute Gasteiger partial charge is 0.336 e. The summed E-state index contributed by atoms with van der Waals surface area (Å²) in [5.41, 5.74) is 4.03. The fourth-order valence-corrected chi connectivity index (χ4v) is 7.14. The second-order valence-electron chi connectivity index (χ2n) is 11.7. The number of anilines is 1. The van der Waals surface area contributed by atoms with Crippen LogP contribution in [0.5, 0.6) is 0 Å². The first-order chi connectivity index (χ1) is 19.4. The van der Waals surface area contributed by atoms with E-state index in [4.69, 9.17) is 0 Å². The topological polar surface area (TPSA) is 152 Å². The number of benzene rings is 2. The van der Waals surface area contributed by atoms with E-state index in [0.717, 1.165) is 22.7 Å². The molecule has 0 atom stereocenters. The number of carboxylic acids is 1. The summed E-state index contributed by atoms with van der Waals surface area (Å²) in [5, 5.41) is 9.92. The minimum atomic E-state index is -4.17. The molecule has 2 aliphatic rings. The van der Waals surface area contributed by atoms with Crippen molar-refractivity contribution in [2.24, 2.45) is 0 Å². The van der Waals surface area contributed by atoms with E-state index < -0.39 is 42.8 Å². The van der Waals surface area contributed by atoms with Crippen LogP contribution in [0.1, 0.15) is 62.0 Å². The van der Waals surface area contributed by atoms with Crippen LogP contribution in [0.25, 0.3) is 0 Å². The third-order valence-electron chi connectivity index (χ3n) is 8.00. The minimum Gasteiger partial charge on any atom is -0.478 e. The molecular weight excluding hydrogens is 580 g/mol. The lowest BCUT2D eigenvalue weighted by Crippen LogP contribution is -2.30. The number of rotatable bonds is 11. The standard InChI is InChI=1S/C30H36N2O8S2/c1-29(2)22-12-5-6-13-23(22)31(17-9-19-41(35,36)37)25(29)15-8-16-26-30(3,4)27-21(28(33)34)11-7-14-24(27)32(26)18-10-20-42(38,39)40/h5-8,11-16H,9-10,17-20H2,1-4H3,(H2-,33,34,35,36,37,38,39,40)/p+1. The molecule has 0 amide bonds. The van der Waals surface area contributed by atoms with Crippen molar-refractivity contribution in [1.82, 2.24) is 0 Å². The number of carbonyl (C=O) groups is 1. The van der Waals surface area contributed by atoms with Crippen LogP contribution in [0.3, 0.4) is 0 Å². The van der Waals surface area contributed by atoms with Crippen LogP contribution < -0.4 is 4.90 Å². The zero-order valence-corrected chi connectivity index (χ0v) is 25.7. The molecular formula is C30H37N2O8S2+. The first-order valence-electron chi connectivity index (χ1n) is 13.6. The summed E-state index contributed by atoms with van der Waals surface area (Å²) in [7, 11) is -8.27. The van der Waals surface area contributed by atoms with E-state index in [9.17, 15) is 35.8 Å². The number of hydrogen-bond acceptors (Lipinski definition) is 6. The number of hydrogen-bond donors (Lipinski definition) is 3. The summed E-state index contributed by atoms with van der Waals surface area (Å²) < 4.78 is 66.0. The van der Waals surface area contributed by atoms with Gasteiger partial charge in [-0.15, -0.1) is 0 Å². The molecule has 2 aromatic carbocycles. The molecule has 0 spiro atoms. The SMILES string of the molecule is CC1(C)C(/C=C/C=C2/N(CCCS(=O)(=O)O)c3ccccc3C2(C)C)=[N+](CCCS(=O)(=O)O)c2cccc(C(=O)O)c21. The Morgan fingerprint density at radius 1 is 0.905 bits per heavy atom. The van der Waals surface area contributed by atoms with Gasteiger partial charge in [0.05, 0.1) is 28.0 Å². The molecule has 12 heteroatoms. The quantitative estimate of drug-likeness (QED) is 0.243. The summed E-state index contributed by atoms with van der Waals surface area (Å²) in [4.78, 5) is 14.2. The molecule has 2 aromatic rings. The minimum absolute atomic E-state index is 0.133. The third-order valence-corrected chi connectivity index (χ3v) is 9.60. The van der Waals surface area contributed by atoms with E-state index in [-0.39, 0.29) is 30.7 Å². The van der Waals surface area contributed by atoms with Crippen molar-refractivity contribution in [3.05, 3.63) is 83.1 Å². The highest BCUT2D eigenvalue weighted by atomic mass is 32.2. The van der Waals surface area contributed by atoms with Gasteiger partial charge < -0.3 is 10.0 Å². The van der Waals surface area contributed by atoms with Crippen molar-refractivity contribution in [1.29, 1.82) is 0 Å². The molecule has 0 aliphatic carbocycles. The molecule has 0 aromatic heterocycles. The summed E-state index contributed by atoms with van der Waals surface area (Å²) in [5.74, 6) is -1.84. The van der Waals surface area contributed by atoms with Crippen molar-refractivity contribution in [2.75, 3.05) is 29.5 Å². The van der Waals surface area contributed by atoms with Crippen molar-refractivity contribution >= 4 is 43.3 Å². The Hall–Kier alpha value is -3.32. The zero-order valence-electron chi connectivity index (χ0n) is 24.1. The fraction of sp³-hybridized carbons (Fsp3) is 0.400. The van der Waals surface area contributed by atoms with E-state index >= 15 is 0 Å². The van der Waals surface area contributed by atoms with Crippen molar-refractivity contribution in [2.45, 2.75) is 51.4 Å². The summed E-state index contributed by atoms with van der Waals surface area (Å²) in [6.45, 7) is 8.62. The molecule has 0 saturated heterocycles. The summed E-state index contributed by atoms with van der Waals surface area (Å²) in [6, 6.07) is 12.9. The molecule has 0 bridgehead atoms. The molecule has 2 heterocycles. The molecule has 42 heavy (non-hydrogen) atoms. The van der Waals surface area contributed by atoms with Gasteiger partial charge in [-0.3, -0.25) is 9.11 Å². The van der Waals surface area contributed by atoms with Crippen molar-refractivity contribution in [3.63, 3.8) is 0 Å². The van der Waals surface area contributed by atoms with E-state index in [1.807, 2.05) is 67.0 Å². The largest absolute Gasteiger partial charge is 0.478 e. The van der Waals surface area contributed by atoms with Gasteiger partial charge in [0, 0.05) is 41.9 Å². The van der Waals surface area contributed by atoms with Crippen LogP contribution in [-0.2, 0) is 31.1 Å². The Labute approximate surface area is 247 Å². The predicted molar refractivity (Wildman–Crippen MR) is 162 cm³/mol. The number of carboxylic acid groups (broad SMARTS) is 1. The second-order valence-corrected chi connectivity index (χ2v) is 14.8. The van der Waals surface area contributed by atoms with Crippen LogP contribution in [0.4, 0.5) is 11.4 Å². The van der Waals surface area contributed by atoms with Gasteiger partial charge in [0.25, 0.3) is 20.2 Å². The number of para-hydroxylation sites is 1. The van der Waals surface area contributed by atoms with Crippen LogP contribution in [-0.4, -0.2) is 71.9 Å². The zero-order chi connectivity index (χ0) is 31.1. The van der Waals surface area contributed by atoms with Gasteiger partial charge >= 0.3 is 5.97 Å². The van der Waals surface area contributed by atoms with E-state index in [2.05, 4.69) is 18.7 Å². The Balaban J connectivity index is 1.77. The second kappa shape index (κ2) is 11.4. The molecule has 10 nitrogen and oxygen atoms in total. The van der Waals surface area contributed by atoms with Crippen LogP contribution in [0, 0.1) is 0 Å². The molecule has 2 aliphatic heterocycles.